The molecule has 2 aromatic rings. The van der Waals surface area contributed by atoms with Crippen LogP contribution in [0.25, 0.3) is 0 Å². The Kier molecular flexibility index (Phi) is 4.46. The van der Waals surface area contributed by atoms with Crippen LogP contribution in [0.5, 0.6) is 0 Å². The van der Waals surface area contributed by atoms with E-state index in [2.05, 4.69) is 40.8 Å². The molecule has 0 spiro atoms. The van der Waals surface area contributed by atoms with Crippen LogP contribution in [0.4, 0.5) is 0 Å². The van der Waals surface area contributed by atoms with E-state index in [0.29, 0.717) is 0 Å². The Labute approximate surface area is 119 Å². The van der Waals surface area contributed by atoms with Crippen molar-refractivity contribution in [3.8, 4) is 6.07 Å². The molecule has 2 rings (SSSR count). The first-order valence-electron chi connectivity index (χ1n) is 5.16. The molecule has 0 unspecified atom stereocenters. The SMILES string of the molecule is N#Cc1ccccc1SCc1ccccc1I. The van der Waals surface area contributed by atoms with Crippen LogP contribution in [0.15, 0.2) is 53.4 Å². The highest BCUT2D eigenvalue weighted by Crippen LogP contribution is 2.27. The van der Waals surface area contributed by atoms with Gasteiger partial charge in [-0.1, -0.05) is 30.3 Å². The molecule has 0 atom stereocenters. The van der Waals surface area contributed by atoms with Gasteiger partial charge in [-0.2, -0.15) is 5.26 Å². The molecule has 0 fully saturated rings. The molecule has 0 N–H and O–H groups in total. The molecule has 2 aromatic carbocycles. The van der Waals surface area contributed by atoms with E-state index in [1.54, 1.807) is 11.8 Å². The maximum Gasteiger partial charge on any atom is 0.100 e. The van der Waals surface area contributed by atoms with Gasteiger partial charge in [0, 0.05) is 14.2 Å². The molecule has 1 nitrogen and oxygen atoms in total. The molecule has 3 heteroatoms. The molecular formula is C14H10INS. The highest BCUT2D eigenvalue weighted by molar-refractivity contribution is 14.1. The standard InChI is InChI=1S/C14H10INS/c15-13-7-3-1-6-12(13)10-17-14-8-4-2-5-11(14)9-16/h1-8H,10H2. The van der Waals surface area contributed by atoms with Crippen LogP contribution in [0.2, 0.25) is 0 Å². The van der Waals surface area contributed by atoms with Gasteiger partial charge in [0.15, 0.2) is 0 Å². The molecule has 17 heavy (non-hydrogen) atoms. The van der Waals surface area contributed by atoms with Crippen molar-refractivity contribution in [1.82, 2.24) is 0 Å². The van der Waals surface area contributed by atoms with E-state index >= 15 is 0 Å². The second kappa shape index (κ2) is 6.08. The summed E-state index contributed by atoms with van der Waals surface area (Å²) in [6, 6.07) is 18.3. The van der Waals surface area contributed by atoms with Crippen molar-refractivity contribution < 1.29 is 0 Å². The van der Waals surface area contributed by atoms with Gasteiger partial charge >= 0.3 is 0 Å². The Morgan fingerprint density at radius 3 is 2.53 bits per heavy atom. The van der Waals surface area contributed by atoms with Gasteiger partial charge in [0.25, 0.3) is 0 Å². The van der Waals surface area contributed by atoms with E-state index in [1.165, 1.54) is 9.13 Å². The van der Waals surface area contributed by atoms with Gasteiger partial charge in [0.2, 0.25) is 0 Å². The Bertz CT molecular complexity index is 560. The third kappa shape index (κ3) is 3.24. The quantitative estimate of drug-likeness (QED) is 0.602. The van der Waals surface area contributed by atoms with Gasteiger partial charge < -0.3 is 0 Å². The molecular weight excluding hydrogens is 341 g/mol. The first-order valence-corrected chi connectivity index (χ1v) is 7.23. The smallest absolute Gasteiger partial charge is 0.100 e. The number of benzene rings is 2. The van der Waals surface area contributed by atoms with E-state index in [-0.39, 0.29) is 0 Å². The second-order valence-corrected chi connectivity index (χ2v) is 5.67. The summed E-state index contributed by atoms with van der Waals surface area (Å²) in [5, 5.41) is 9.01. The second-order valence-electron chi connectivity index (χ2n) is 3.49. The van der Waals surface area contributed by atoms with Gasteiger partial charge in [0.05, 0.1) is 5.56 Å². The summed E-state index contributed by atoms with van der Waals surface area (Å²) in [5.74, 6) is 0.901. The largest absolute Gasteiger partial charge is 0.192 e. The normalized spacial score (nSPS) is 9.88. The average Bonchev–Trinajstić information content (AvgIpc) is 2.38. The number of hydrogen-bond acceptors (Lipinski definition) is 2. The van der Waals surface area contributed by atoms with E-state index in [1.807, 2.05) is 36.4 Å². The van der Waals surface area contributed by atoms with Crippen molar-refractivity contribution in [3.63, 3.8) is 0 Å². The Morgan fingerprint density at radius 1 is 1.06 bits per heavy atom. The lowest BCUT2D eigenvalue weighted by molar-refractivity contribution is 1.33. The van der Waals surface area contributed by atoms with E-state index in [4.69, 9.17) is 5.26 Å². The van der Waals surface area contributed by atoms with Crippen molar-refractivity contribution in [2.24, 2.45) is 0 Å². The van der Waals surface area contributed by atoms with Crippen molar-refractivity contribution >= 4 is 34.4 Å². The molecule has 0 aliphatic carbocycles. The summed E-state index contributed by atoms with van der Waals surface area (Å²) < 4.78 is 1.27. The third-order valence-corrected chi connectivity index (χ3v) is 4.52. The van der Waals surface area contributed by atoms with Crippen LogP contribution in [0.1, 0.15) is 11.1 Å². The molecule has 0 saturated heterocycles. The molecule has 0 radical (unpaired) electrons. The van der Waals surface area contributed by atoms with Crippen molar-refractivity contribution in [2.45, 2.75) is 10.6 Å². The predicted octanol–water partition coefficient (Wildman–Crippen LogP) is 4.46. The van der Waals surface area contributed by atoms with Crippen LogP contribution < -0.4 is 0 Å². The first kappa shape index (κ1) is 12.5. The molecule has 0 amide bonds. The lowest BCUT2D eigenvalue weighted by Crippen LogP contribution is -1.86. The fraction of sp³-hybridized carbons (Fsp3) is 0.0714. The number of thioether (sulfide) groups is 1. The highest BCUT2D eigenvalue weighted by Gasteiger charge is 2.03. The van der Waals surface area contributed by atoms with Crippen molar-refractivity contribution in [2.75, 3.05) is 0 Å². The zero-order valence-corrected chi connectivity index (χ0v) is 12.0. The summed E-state index contributed by atoms with van der Waals surface area (Å²) in [6.07, 6.45) is 0. The summed E-state index contributed by atoms with van der Waals surface area (Å²) in [6.45, 7) is 0. The summed E-state index contributed by atoms with van der Waals surface area (Å²) in [5.41, 5.74) is 2.06. The summed E-state index contributed by atoms with van der Waals surface area (Å²) in [4.78, 5) is 1.05. The molecule has 0 aliphatic rings. The monoisotopic (exact) mass is 351 g/mol. The summed E-state index contributed by atoms with van der Waals surface area (Å²) >= 11 is 4.05. The minimum absolute atomic E-state index is 0.753. The number of hydrogen-bond donors (Lipinski definition) is 0. The Hall–Kier alpha value is -0.990. The lowest BCUT2D eigenvalue weighted by Gasteiger charge is -2.05. The van der Waals surface area contributed by atoms with Crippen LogP contribution in [0, 0.1) is 14.9 Å². The fourth-order valence-corrected chi connectivity index (χ4v) is 3.30. The molecule has 84 valence electrons. The third-order valence-electron chi connectivity index (χ3n) is 2.35. The van der Waals surface area contributed by atoms with Gasteiger partial charge in [-0.3, -0.25) is 0 Å². The van der Waals surface area contributed by atoms with Gasteiger partial charge in [-0.25, -0.2) is 0 Å². The zero-order chi connectivity index (χ0) is 12.1. The van der Waals surface area contributed by atoms with Crippen LogP contribution in [-0.2, 0) is 5.75 Å². The Morgan fingerprint density at radius 2 is 1.76 bits per heavy atom. The summed E-state index contributed by atoms with van der Waals surface area (Å²) in [7, 11) is 0. The highest BCUT2D eigenvalue weighted by atomic mass is 127. The molecule has 0 heterocycles. The van der Waals surface area contributed by atoms with Crippen LogP contribution >= 0.6 is 34.4 Å². The van der Waals surface area contributed by atoms with Crippen molar-refractivity contribution in [1.29, 1.82) is 5.26 Å². The fourth-order valence-electron chi connectivity index (χ4n) is 1.46. The number of nitrogens with zero attached hydrogens (tertiary/aromatic N) is 1. The maximum absolute atomic E-state index is 9.01. The number of nitriles is 1. The average molecular weight is 351 g/mol. The topological polar surface area (TPSA) is 23.8 Å². The Balaban J connectivity index is 2.13. The molecule has 0 aromatic heterocycles. The van der Waals surface area contributed by atoms with Gasteiger partial charge in [-0.05, 0) is 46.4 Å². The molecule has 0 bridgehead atoms. The zero-order valence-electron chi connectivity index (χ0n) is 9.06. The predicted molar refractivity (Wildman–Crippen MR) is 79.9 cm³/mol. The van der Waals surface area contributed by atoms with E-state index in [9.17, 15) is 0 Å². The first-order chi connectivity index (χ1) is 8.31. The number of halogens is 1. The minimum atomic E-state index is 0.753. The van der Waals surface area contributed by atoms with Gasteiger partial charge in [-0.15, -0.1) is 11.8 Å². The number of rotatable bonds is 3. The van der Waals surface area contributed by atoms with E-state index < -0.39 is 0 Å². The van der Waals surface area contributed by atoms with Gasteiger partial charge in [0.1, 0.15) is 6.07 Å². The minimum Gasteiger partial charge on any atom is -0.192 e. The lowest BCUT2D eigenvalue weighted by atomic mass is 10.2. The van der Waals surface area contributed by atoms with Crippen LogP contribution in [-0.4, -0.2) is 0 Å². The molecule has 0 saturated carbocycles. The van der Waals surface area contributed by atoms with E-state index in [0.717, 1.165) is 16.2 Å². The molecule has 0 aliphatic heterocycles. The van der Waals surface area contributed by atoms with Crippen LogP contribution in [0.3, 0.4) is 0 Å². The maximum atomic E-state index is 9.01. The van der Waals surface area contributed by atoms with Crippen molar-refractivity contribution in [3.05, 3.63) is 63.2 Å².